The van der Waals surface area contributed by atoms with Crippen LogP contribution in [-0.4, -0.2) is 38.3 Å². The standard InChI is InChI=1S/C12H24O2.C8H6O5/c1-2-3-4-5-6-7-8-9-10-11-12(13)14;9-6-3-4(7(10)11)1-2-5(6)8(12)13/h2-11H2,1H3,(H,13,14);1-3,9H,(H,10,11)(H,12,13). The zero-order valence-corrected chi connectivity index (χ0v) is 15.8. The van der Waals surface area contributed by atoms with Crippen LogP contribution in [0.1, 0.15) is 91.8 Å². The summed E-state index contributed by atoms with van der Waals surface area (Å²) in [6.45, 7) is 2.23. The van der Waals surface area contributed by atoms with E-state index in [4.69, 9.17) is 20.4 Å². The Balaban J connectivity index is 0.000000501. The van der Waals surface area contributed by atoms with Crippen molar-refractivity contribution in [2.75, 3.05) is 0 Å². The number of carboxylic acid groups (broad SMARTS) is 3. The summed E-state index contributed by atoms with van der Waals surface area (Å²) in [5, 5.41) is 34.4. The second kappa shape index (κ2) is 14.6. The van der Waals surface area contributed by atoms with Gasteiger partial charge in [0.25, 0.3) is 0 Å². The van der Waals surface area contributed by atoms with Gasteiger partial charge in [-0.05, 0) is 24.6 Å². The fraction of sp³-hybridized carbons (Fsp3) is 0.550. The molecule has 1 rings (SSSR count). The summed E-state index contributed by atoms with van der Waals surface area (Å²) in [7, 11) is 0. The molecule has 0 bridgehead atoms. The van der Waals surface area contributed by atoms with E-state index in [0.29, 0.717) is 6.42 Å². The van der Waals surface area contributed by atoms with E-state index >= 15 is 0 Å². The maximum atomic E-state index is 10.4. The largest absolute Gasteiger partial charge is 0.507 e. The molecule has 7 heteroatoms. The van der Waals surface area contributed by atoms with Crippen LogP contribution in [0.4, 0.5) is 0 Å². The van der Waals surface area contributed by atoms with Crippen molar-refractivity contribution in [3.8, 4) is 5.75 Å². The molecule has 0 aromatic heterocycles. The number of rotatable bonds is 12. The molecule has 0 heterocycles. The number of phenols is 1. The molecule has 0 spiro atoms. The minimum Gasteiger partial charge on any atom is -0.507 e. The zero-order chi connectivity index (χ0) is 20.7. The predicted molar refractivity (Wildman–Crippen MR) is 102 cm³/mol. The summed E-state index contributed by atoms with van der Waals surface area (Å²) < 4.78 is 0. The van der Waals surface area contributed by atoms with Crippen molar-refractivity contribution < 1.29 is 34.8 Å². The Morgan fingerprint density at radius 1 is 0.778 bits per heavy atom. The number of hydrogen-bond donors (Lipinski definition) is 4. The average molecular weight is 382 g/mol. The molecule has 0 aliphatic heterocycles. The van der Waals surface area contributed by atoms with Crippen LogP contribution >= 0.6 is 0 Å². The van der Waals surface area contributed by atoms with Gasteiger partial charge < -0.3 is 20.4 Å². The number of unbranched alkanes of at least 4 members (excludes halogenated alkanes) is 8. The van der Waals surface area contributed by atoms with E-state index in [2.05, 4.69) is 6.92 Å². The molecule has 1 aromatic carbocycles. The van der Waals surface area contributed by atoms with E-state index in [1.165, 1.54) is 44.9 Å². The van der Waals surface area contributed by atoms with Gasteiger partial charge in [0.15, 0.2) is 0 Å². The van der Waals surface area contributed by atoms with Gasteiger partial charge in [0.2, 0.25) is 0 Å². The molecule has 0 unspecified atom stereocenters. The Morgan fingerprint density at radius 3 is 1.70 bits per heavy atom. The molecule has 0 saturated heterocycles. The highest BCUT2D eigenvalue weighted by molar-refractivity contribution is 5.94. The second-order valence-electron chi connectivity index (χ2n) is 6.31. The van der Waals surface area contributed by atoms with Gasteiger partial charge in [-0.3, -0.25) is 4.79 Å². The minimum atomic E-state index is -1.30. The molecule has 0 saturated carbocycles. The molecule has 4 N–H and O–H groups in total. The highest BCUT2D eigenvalue weighted by Gasteiger charge is 2.11. The molecular weight excluding hydrogens is 352 g/mol. The average Bonchev–Trinajstić information content (AvgIpc) is 2.60. The first-order chi connectivity index (χ1) is 12.8. The SMILES string of the molecule is CCCCCCCCCCCC(=O)O.O=C(O)c1ccc(C(=O)O)c(O)c1. The lowest BCUT2D eigenvalue weighted by molar-refractivity contribution is -0.137. The summed E-state index contributed by atoms with van der Waals surface area (Å²) in [5.41, 5.74) is -0.465. The van der Waals surface area contributed by atoms with E-state index in [1.807, 2.05) is 0 Å². The van der Waals surface area contributed by atoms with E-state index < -0.39 is 23.7 Å². The minimum absolute atomic E-state index is 0.150. The van der Waals surface area contributed by atoms with Gasteiger partial charge in [-0.25, -0.2) is 9.59 Å². The fourth-order valence-corrected chi connectivity index (χ4v) is 2.43. The summed E-state index contributed by atoms with van der Waals surface area (Å²) in [6, 6.07) is 3.05. The number of carboxylic acids is 3. The number of aromatic hydroxyl groups is 1. The lowest BCUT2D eigenvalue weighted by Gasteiger charge is -2.00. The van der Waals surface area contributed by atoms with Crippen LogP contribution in [-0.2, 0) is 4.79 Å². The number of hydrogen-bond acceptors (Lipinski definition) is 4. The van der Waals surface area contributed by atoms with Crippen LogP contribution in [0, 0.1) is 0 Å². The van der Waals surface area contributed by atoms with Gasteiger partial charge in [-0.1, -0.05) is 58.3 Å². The molecule has 0 radical (unpaired) electrons. The van der Waals surface area contributed by atoms with Crippen molar-refractivity contribution in [1.29, 1.82) is 0 Å². The number of aliphatic carboxylic acids is 1. The first-order valence-corrected chi connectivity index (χ1v) is 9.31. The van der Waals surface area contributed by atoms with Crippen molar-refractivity contribution in [3.63, 3.8) is 0 Å². The summed E-state index contributed by atoms with van der Waals surface area (Å²) in [5.74, 6) is -3.72. The quantitative estimate of drug-likeness (QED) is 0.382. The van der Waals surface area contributed by atoms with Crippen LogP contribution in [0.5, 0.6) is 5.75 Å². The lowest BCUT2D eigenvalue weighted by Crippen LogP contribution is -2.00. The summed E-state index contributed by atoms with van der Waals surface area (Å²) in [4.78, 5) is 31.0. The zero-order valence-electron chi connectivity index (χ0n) is 15.8. The molecule has 1 aromatic rings. The third kappa shape index (κ3) is 12.4. The van der Waals surface area contributed by atoms with Crippen molar-refractivity contribution in [3.05, 3.63) is 29.3 Å². The normalized spacial score (nSPS) is 9.96. The Morgan fingerprint density at radius 2 is 1.30 bits per heavy atom. The predicted octanol–water partition coefficient (Wildman–Crippen LogP) is 4.78. The van der Waals surface area contributed by atoms with Gasteiger partial charge in [-0.15, -0.1) is 0 Å². The maximum absolute atomic E-state index is 10.4. The van der Waals surface area contributed by atoms with Gasteiger partial charge in [0.1, 0.15) is 11.3 Å². The number of aromatic carboxylic acids is 2. The lowest BCUT2D eigenvalue weighted by atomic mass is 10.1. The van der Waals surface area contributed by atoms with Gasteiger partial charge in [-0.2, -0.15) is 0 Å². The van der Waals surface area contributed by atoms with Gasteiger partial charge in [0.05, 0.1) is 5.56 Å². The van der Waals surface area contributed by atoms with Crippen molar-refractivity contribution in [2.24, 2.45) is 0 Å². The molecule has 0 aliphatic carbocycles. The molecule has 0 atom stereocenters. The first-order valence-electron chi connectivity index (χ1n) is 9.31. The topological polar surface area (TPSA) is 132 Å². The van der Waals surface area contributed by atoms with E-state index in [9.17, 15) is 14.4 Å². The van der Waals surface area contributed by atoms with Crippen LogP contribution in [0.15, 0.2) is 18.2 Å². The number of benzene rings is 1. The summed E-state index contributed by atoms with van der Waals surface area (Å²) in [6.07, 6.45) is 11.5. The fourth-order valence-electron chi connectivity index (χ4n) is 2.43. The molecule has 0 amide bonds. The second-order valence-corrected chi connectivity index (χ2v) is 6.31. The van der Waals surface area contributed by atoms with Crippen LogP contribution in [0.2, 0.25) is 0 Å². The molecule has 27 heavy (non-hydrogen) atoms. The monoisotopic (exact) mass is 382 g/mol. The number of carbonyl (C=O) groups is 3. The third-order valence-corrected chi connectivity index (χ3v) is 3.97. The highest BCUT2D eigenvalue weighted by atomic mass is 16.4. The Kier molecular flexibility index (Phi) is 13.2. The van der Waals surface area contributed by atoms with E-state index in [1.54, 1.807) is 0 Å². The van der Waals surface area contributed by atoms with Gasteiger partial charge in [0, 0.05) is 6.42 Å². The summed E-state index contributed by atoms with van der Waals surface area (Å²) >= 11 is 0. The van der Waals surface area contributed by atoms with E-state index in [-0.39, 0.29) is 11.1 Å². The first kappa shape index (κ1) is 24.4. The maximum Gasteiger partial charge on any atom is 0.339 e. The smallest absolute Gasteiger partial charge is 0.339 e. The highest BCUT2D eigenvalue weighted by Crippen LogP contribution is 2.18. The van der Waals surface area contributed by atoms with Crippen molar-refractivity contribution >= 4 is 17.9 Å². The van der Waals surface area contributed by atoms with Crippen LogP contribution < -0.4 is 0 Å². The molecular formula is C20H30O7. The molecule has 0 aliphatic rings. The molecule has 152 valence electrons. The van der Waals surface area contributed by atoms with Crippen LogP contribution in [0.25, 0.3) is 0 Å². The Hall–Kier alpha value is -2.57. The Labute approximate surface area is 159 Å². The third-order valence-electron chi connectivity index (χ3n) is 3.97. The van der Waals surface area contributed by atoms with Crippen molar-refractivity contribution in [2.45, 2.75) is 71.1 Å². The molecule has 7 nitrogen and oxygen atoms in total. The van der Waals surface area contributed by atoms with Crippen molar-refractivity contribution in [1.82, 2.24) is 0 Å². The van der Waals surface area contributed by atoms with Crippen LogP contribution in [0.3, 0.4) is 0 Å². The Bertz CT molecular complexity index is 596. The molecule has 0 fully saturated rings. The van der Waals surface area contributed by atoms with Gasteiger partial charge >= 0.3 is 17.9 Å². The van der Waals surface area contributed by atoms with E-state index in [0.717, 1.165) is 31.0 Å².